The molecule has 0 saturated carbocycles. The molecule has 0 heterocycles. The van der Waals surface area contributed by atoms with Gasteiger partial charge in [-0.2, -0.15) is 0 Å². The molecule has 6 N–H and O–H groups in total. The Balaban J connectivity index is -0.000000407. The summed E-state index contributed by atoms with van der Waals surface area (Å²) in [5, 5.41) is 52.2. The second-order valence-electron chi connectivity index (χ2n) is 16.8. The molecule has 0 atom stereocenters. The molecule has 377 valence electrons. The minimum absolute atomic E-state index is 0.00272. The van der Waals surface area contributed by atoms with Crippen molar-refractivity contribution in [3.8, 4) is 0 Å². The standard InChI is InChI=1S/3C16H28O4.C4H9.Sn/c3*1-2-3-4-5-6-7-8-9-10-11-12-14(16(19)20)13-15(17)18;1-3-4-2;/h3*13H,2-12H2,1H3,(H,17,18)(H,19,20);1,3-4H2,2H3;/b3*14-13-;;. The molecule has 12 nitrogen and oxygen atoms in total. The second-order valence-corrected chi connectivity index (χ2v) is 18.3. The van der Waals surface area contributed by atoms with E-state index in [1.807, 2.05) is 0 Å². The number of carboxylic acids is 6. The van der Waals surface area contributed by atoms with Gasteiger partial charge in [-0.25, -0.2) is 28.8 Å². The quantitative estimate of drug-likeness (QED) is 0.0191. The van der Waals surface area contributed by atoms with Crippen molar-refractivity contribution in [2.75, 3.05) is 0 Å². The monoisotopic (exact) mass is 1030 g/mol. The summed E-state index contributed by atoms with van der Waals surface area (Å²) >= 11 is 1.68. The SMILES string of the molecule is CCCCCCCCCCCC/C(=C/C(=O)O)C(=O)O.CCCCCCCCCCCC/C(=C/C(=O)O)C(=O)O.CCCCCCCCCCCC/C(=C/C(=O)O)C(=O)O.CCC[CH2][Sn]. The van der Waals surface area contributed by atoms with Gasteiger partial charge in [-0.3, -0.25) is 0 Å². The molecule has 0 aliphatic carbocycles. The first-order chi connectivity index (χ1) is 31.1. The number of aliphatic carboxylic acids is 6. The summed E-state index contributed by atoms with van der Waals surface area (Å²) in [6, 6.07) is 0. The van der Waals surface area contributed by atoms with Gasteiger partial charge in [0.15, 0.2) is 0 Å². The summed E-state index contributed by atoms with van der Waals surface area (Å²) in [4.78, 5) is 63.8. The Bertz CT molecular complexity index is 1120. The summed E-state index contributed by atoms with van der Waals surface area (Å²) in [6.07, 6.45) is 41.7. The van der Waals surface area contributed by atoms with Crippen molar-refractivity contribution in [2.24, 2.45) is 0 Å². The Morgan fingerprint density at radius 3 is 0.585 bits per heavy atom. The van der Waals surface area contributed by atoms with Gasteiger partial charge in [0.1, 0.15) is 0 Å². The van der Waals surface area contributed by atoms with Crippen molar-refractivity contribution in [2.45, 2.75) is 257 Å². The molecule has 0 amide bonds. The molecule has 0 saturated heterocycles. The molecule has 3 radical (unpaired) electrons. The molecule has 0 spiro atoms. The van der Waals surface area contributed by atoms with Gasteiger partial charge in [-0.1, -0.05) is 194 Å². The Labute approximate surface area is 407 Å². The van der Waals surface area contributed by atoms with Gasteiger partial charge in [0.25, 0.3) is 0 Å². The van der Waals surface area contributed by atoms with Crippen molar-refractivity contribution in [3.05, 3.63) is 34.9 Å². The van der Waals surface area contributed by atoms with Crippen LogP contribution in [0.3, 0.4) is 0 Å². The van der Waals surface area contributed by atoms with Gasteiger partial charge >= 0.3 is 82.5 Å². The van der Waals surface area contributed by atoms with E-state index >= 15 is 0 Å². The topological polar surface area (TPSA) is 224 Å². The van der Waals surface area contributed by atoms with E-state index in [1.54, 1.807) is 22.5 Å². The van der Waals surface area contributed by atoms with Gasteiger partial charge in [-0.15, -0.1) is 0 Å². The molecule has 0 aromatic carbocycles. The Morgan fingerprint density at radius 1 is 0.292 bits per heavy atom. The first-order valence-electron chi connectivity index (χ1n) is 25.3. The van der Waals surface area contributed by atoms with Gasteiger partial charge in [0.2, 0.25) is 0 Å². The van der Waals surface area contributed by atoms with Gasteiger partial charge in [0, 0.05) is 34.9 Å². The van der Waals surface area contributed by atoms with E-state index in [2.05, 4.69) is 27.7 Å². The van der Waals surface area contributed by atoms with Crippen LogP contribution in [-0.2, 0) is 28.8 Å². The summed E-state index contributed by atoms with van der Waals surface area (Å²) in [6.45, 7) is 8.86. The molecule has 65 heavy (non-hydrogen) atoms. The predicted molar refractivity (Wildman–Crippen MR) is 265 cm³/mol. The Hall–Kier alpha value is -3.16. The molecule has 0 aliphatic rings. The molecule has 0 aromatic heterocycles. The molecular formula is C52H93O12Sn. The number of hydrogen-bond acceptors (Lipinski definition) is 6. The average Bonchev–Trinajstić information content (AvgIpc) is 3.24. The van der Waals surface area contributed by atoms with Crippen LogP contribution >= 0.6 is 0 Å². The van der Waals surface area contributed by atoms with Gasteiger partial charge < -0.3 is 30.6 Å². The molecule has 0 aliphatic heterocycles. The van der Waals surface area contributed by atoms with Crippen LogP contribution in [0.5, 0.6) is 0 Å². The Morgan fingerprint density at radius 2 is 0.462 bits per heavy atom. The number of hydrogen-bond donors (Lipinski definition) is 6. The van der Waals surface area contributed by atoms with E-state index in [0.717, 1.165) is 76.0 Å². The van der Waals surface area contributed by atoms with Crippen molar-refractivity contribution in [3.63, 3.8) is 0 Å². The summed E-state index contributed by atoms with van der Waals surface area (Å²) in [5.41, 5.74) is -0.00815. The van der Waals surface area contributed by atoms with E-state index in [0.29, 0.717) is 19.3 Å². The van der Waals surface area contributed by atoms with Crippen molar-refractivity contribution in [1.29, 1.82) is 0 Å². The third-order valence-electron chi connectivity index (χ3n) is 10.6. The third-order valence-corrected chi connectivity index (χ3v) is 11.7. The van der Waals surface area contributed by atoms with E-state index in [1.165, 1.54) is 152 Å². The van der Waals surface area contributed by atoms with Crippen molar-refractivity contribution < 1.29 is 59.4 Å². The fourth-order valence-electron chi connectivity index (χ4n) is 6.76. The maximum absolute atomic E-state index is 10.8. The van der Waals surface area contributed by atoms with Gasteiger partial charge in [0.05, 0.1) is 0 Å². The zero-order chi connectivity index (χ0) is 49.8. The fourth-order valence-corrected chi connectivity index (χ4v) is 7.76. The van der Waals surface area contributed by atoms with E-state index in [-0.39, 0.29) is 16.7 Å². The molecule has 0 rings (SSSR count). The van der Waals surface area contributed by atoms with Crippen molar-refractivity contribution in [1.82, 2.24) is 0 Å². The number of unbranched alkanes of at least 4 members (excludes halogenated alkanes) is 28. The summed E-state index contributed by atoms with van der Waals surface area (Å²) < 4.78 is 1.43. The normalized spacial score (nSPS) is 11.3. The van der Waals surface area contributed by atoms with Crippen molar-refractivity contribution >= 4 is 58.3 Å². The van der Waals surface area contributed by atoms with E-state index < -0.39 is 35.8 Å². The first kappa shape index (κ1) is 68.4. The van der Waals surface area contributed by atoms with Crippen LogP contribution < -0.4 is 0 Å². The molecule has 0 fully saturated rings. The summed E-state index contributed by atoms with van der Waals surface area (Å²) in [7, 11) is 0. The number of carboxylic acid groups (broad SMARTS) is 6. The number of rotatable bonds is 41. The van der Waals surface area contributed by atoms with Crippen LogP contribution in [0.1, 0.15) is 252 Å². The molecule has 0 unspecified atom stereocenters. The predicted octanol–water partition coefficient (Wildman–Crippen LogP) is 14.6. The third kappa shape index (κ3) is 60.8. The average molecular weight is 1030 g/mol. The zero-order valence-corrected chi connectivity index (χ0v) is 44.2. The van der Waals surface area contributed by atoms with Crippen LogP contribution in [0, 0.1) is 0 Å². The molecule has 0 bridgehead atoms. The maximum atomic E-state index is 10.8. The van der Waals surface area contributed by atoms with Crippen LogP contribution in [0.25, 0.3) is 0 Å². The number of carbonyl (C=O) groups is 6. The van der Waals surface area contributed by atoms with Crippen LogP contribution in [0.4, 0.5) is 0 Å². The minimum atomic E-state index is -1.19. The first-order valence-corrected chi connectivity index (χ1v) is 27.3. The molecule has 0 aromatic rings. The van der Waals surface area contributed by atoms with E-state index in [9.17, 15) is 28.8 Å². The molecular weight excluding hydrogens is 935 g/mol. The Kier molecular flexibility index (Phi) is 58.1. The molecule has 13 heteroatoms. The van der Waals surface area contributed by atoms with Crippen LogP contribution in [-0.4, -0.2) is 89.0 Å². The fraction of sp³-hybridized carbons (Fsp3) is 0.769. The zero-order valence-electron chi connectivity index (χ0n) is 41.3. The van der Waals surface area contributed by atoms with E-state index in [4.69, 9.17) is 30.6 Å². The van der Waals surface area contributed by atoms with Gasteiger partial charge in [-0.05, 0) is 38.5 Å². The van der Waals surface area contributed by atoms with Crippen LogP contribution in [0.15, 0.2) is 34.9 Å². The second kappa shape index (κ2) is 55.2. The van der Waals surface area contributed by atoms with Crippen LogP contribution in [0.2, 0.25) is 4.44 Å². The summed E-state index contributed by atoms with van der Waals surface area (Å²) in [5.74, 6) is -6.92.